The highest BCUT2D eigenvalue weighted by molar-refractivity contribution is 7.87. The van der Waals surface area contributed by atoms with Gasteiger partial charge < -0.3 is 10.1 Å². The molecule has 0 aromatic heterocycles. The van der Waals surface area contributed by atoms with Gasteiger partial charge in [0.15, 0.2) is 0 Å². The molecule has 0 aromatic rings. The Morgan fingerprint density at radius 1 is 1.42 bits per heavy atom. The van der Waals surface area contributed by atoms with Crippen molar-refractivity contribution < 1.29 is 17.9 Å². The first-order chi connectivity index (χ1) is 8.76. The molecule has 112 valence electrons. The first-order valence-electron chi connectivity index (χ1n) is 6.42. The highest BCUT2D eigenvalue weighted by atomic mass is 32.2. The summed E-state index contributed by atoms with van der Waals surface area (Å²) in [5, 5.41) is 3.16. The molecule has 0 spiro atoms. The zero-order chi connectivity index (χ0) is 14.6. The summed E-state index contributed by atoms with van der Waals surface area (Å²) in [7, 11) is -1.95. The average Bonchev–Trinajstić information content (AvgIpc) is 2.26. The summed E-state index contributed by atoms with van der Waals surface area (Å²) in [5.74, 6) is 0.191. The molecule has 0 bridgehead atoms. The number of nitrogens with zero attached hydrogens (tertiary/aromatic N) is 1. The molecule has 1 amide bonds. The van der Waals surface area contributed by atoms with E-state index >= 15 is 0 Å². The maximum absolute atomic E-state index is 12.0. The van der Waals surface area contributed by atoms with Crippen molar-refractivity contribution in [1.82, 2.24) is 14.3 Å². The maximum Gasteiger partial charge on any atom is 0.422 e. The molecule has 1 aliphatic heterocycles. The minimum Gasteiger partial charge on any atom is -0.446 e. The number of piperidine rings is 1. The molecule has 0 radical (unpaired) electrons. The Labute approximate surface area is 114 Å². The molecule has 1 saturated heterocycles. The lowest BCUT2D eigenvalue weighted by Gasteiger charge is -2.35. The van der Waals surface area contributed by atoms with E-state index < -0.39 is 16.3 Å². The highest BCUT2D eigenvalue weighted by Crippen LogP contribution is 2.18. The maximum atomic E-state index is 12.0. The van der Waals surface area contributed by atoms with Crippen LogP contribution in [0, 0.1) is 5.92 Å². The molecular weight excluding hydrogens is 270 g/mol. The van der Waals surface area contributed by atoms with E-state index in [0.29, 0.717) is 19.1 Å². The zero-order valence-corrected chi connectivity index (χ0v) is 12.7. The first kappa shape index (κ1) is 16.2. The second-order valence-electron chi connectivity index (χ2n) is 5.08. The molecule has 0 aliphatic carbocycles. The van der Waals surface area contributed by atoms with Crippen LogP contribution in [0.5, 0.6) is 0 Å². The van der Waals surface area contributed by atoms with Crippen LogP contribution in [0.4, 0.5) is 4.79 Å². The molecule has 2 unspecified atom stereocenters. The van der Waals surface area contributed by atoms with Crippen molar-refractivity contribution in [3.8, 4) is 0 Å². The Bertz CT molecular complexity index is 410. The van der Waals surface area contributed by atoms with Crippen LogP contribution in [0.15, 0.2) is 0 Å². The van der Waals surface area contributed by atoms with E-state index in [2.05, 4.69) is 5.32 Å². The van der Waals surface area contributed by atoms with Crippen LogP contribution in [-0.4, -0.2) is 51.1 Å². The summed E-state index contributed by atoms with van der Waals surface area (Å²) in [6.45, 7) is 6.07. The molecule has 8 heteroatoms. The summed E-state index contributed by atoms with van der Waals surface area (Å²) in [6.07, 6.45) is -0.569. The SMILES string of the molecule is CNC1CCN(S(=O)(=O)NC(=O)OC(C)C)CC1C. The third-order valence-corrected chi connectivity index (χ3v) is 4.57. The van der Waals surface area contributed by atoms with Gasteiger partial charge in [0.05, 0.1) is 6.10 Å². The number of amides is 1. The predicted molar refractivity (Wildman–Crippen MR) is 71.9 cm³/mol. The van der Waals surface area contributed by atoms with Gasteiger partial charge in [-0.1, -0.05) is 6.92 Å². The van der Waals surface area contributed by atoms with Gasteiger partial charge in [0.25, 0.3) is 0 Å². The van der Waals surface area contributed by atoms with E-state index in [1.54, 1.807) is 13.8 Å². The molecular formula is C11H23N3O4S. The van der Waals surface area contributed by atoms with E-state index in [9.17, 15) is 13.2 Å². The predicted octanol–water partition coefficient (Wildman–Crippen LogP) is 0.296. The number of nitrogens with one attached hydrogen (secondary N) is 2. The van der Waals surface area contributed by atoms with Gasteiger partial charge in [0, 0.05) is 19.1 Å². The number of carbonyl (C=O) groups is 1. The van der Waals surface area contributed by atoms with Gasteiger partial charge in [0.2, 0.25) is 0 Å². The van der Waals surface area contributed by atoms with Crippen molar-refractivity contribution in [2.24, 2.45) is 5.92 Å². The molecule has 2 N–H and O–H groups in total. The van der Waals surface area contributed by atoms with Crippen LogP contribution >= 0.6 is 0 Å². The monoisotopic (exact) mass is 293 g/mol. The number of hydrogen-bond acceptors (Lipinski definition) is 5. The molecule has 0 saturated carbocycles. The molecule has 2 atom stereocenters. The Morgan fingerprint density at radius 3 is 2.53 bits per heavy atom. The number of rotatable bonds is 4. The molecule has 19 heavy (non-hydrogen) atoms. The van der Waals surface area contributed by atoms with Crippen molar-refractivity contribution in [3.63, 3.8) is 0 Å². The van der Waals surface area contributed by atoms with E-state index in [4.69, 9.17) is 4.74 Å². The topological polar surface area (TPSA) is 87.7 Å². The third-order valence-electron chi connectivity index (χ3n) is 3.13. The van der Waals surface area contributed by atoms with Crippen molar-refractivity contribution >= 4 is 16.3 Å². The summed E-state index contributed by atoms with van der Waals surface area (Å²) >= 11 is 0. The van der Waals surface area contributed by atoms with Gasteiger partial charge >= 0.3 is 16.3 Å². The second-order valence-corrected chi connectivity index (χ2v) is 6.75. The standard InChI is InChI=1S/C11H23N3O4S/c1-8(2)18-11(15)13-19(16,17)14-6-5-10(12-4)9(3)7-14/h8-10,12H,5-7H2,1-4H3,(H,13,15). The zero-order valence-electron chi connectivity index (χ0n) is 11.8. The Morgan fingerprint density at radius 2 is 2.05 bits per heavy atom. The van der Waals surface area contributed by atoms with Gasteiger partial charge in [-0.3, -0.25) is 0 Å². The number of hydrogen-bond donors (Lipinski definition) is 2. The Hall–Kier alpha value is -0.860. The van der Waals surface area contributed by atoms with Crippen LogP contribution in [0.1, 0.15) is 27.2 Å². The summed E-state index contributed by atoms with van der Waals surface area (Å²) in [6, 6.07) is 0.300. The van der Waals surface area contributed by atoms with Gasteiger partial charge in [0.1, 0.15) is 0 Å². The highest BCUT2D eigenvalue weighted by Gasteiger charge is 2.33. The number of carbonyl (C=O) groups excluding carboxylic acids is 1. The smallest absolute Gasteiger partial charge is 0.422 e. The lowest BCUT2D eigenvalue weighted by molar-refractivity contribution is 0.120. The molecule has 7 nitrogen and oxygen atoms in total. The van der Waals surface area contributed by atoms with Crippen molar-refractivity contribution in [3.05, 3.63) is 0 Å². The van der Waals surface area contributed by atoms with Gasteiger partial charge in [-0.2, -0.15) is 12.7 Å². The minimum atomic E-state index is -3.81. The van der Waals surface area contributed by atoms with Crippen LogP contribution in [0.2, 0.25) is 0 Å². The van der Waals surface area contributed by atoms with E-state index in [-0.39, 0.29) is 12.0 Å². The van der Waals surface area contributed by atoms with Gasteiger partial charge in [-0.25, -0.2) is 9.52 Å². The molecule has 1 aliphatic rings. The number of ether oxygens (including phenoxy) is 1. The van der Waals surface area contributed by atoms with Crippen LogP contribution < -0.4 is 10.0 Å². The Balaban J connectivity index is 2.61. The average molecular weight is 293 g/mol. The first-order valence-corrected chi connectivity index (χ1v) is 7.86. The van der Waals surface area contributed by atoms with Crippen LogP contribution in [0.25, 0.3) is 0 Å². The summed E-state index contributed by atoms with van der Waals surface area (Å²) in [5.41, 5.74) is 0. The normalized spacial score (nSPS) is 25.3. The summed E-state index contributed by atoms with van der Waals surface area (Å²) in [4.78, 5) is 11.4. The third kappa shape index (κ3) is 4.63. The molecule has 0 aromatic carbocycles. The molecule has 1 fully saturated rings. The lowest BCUT2D eigenvalue weighted by Crippen LogP contribution is -2.53. The van der Waals surface area contributed by atoms with Gasteiger partial charge in [-0.15, -0.1) is 0 Å². The lowest BCUT2D eigenvalue weighted by atomic mass is 9.96. The van der Waals surface area contributed by atoms with Crippen molar-refractivity contribution in [2.75, 3.05) is 20.1 Å². The molecule has 1 rings (SSSR count). The second kappa shape index (κ2) is 6.53. The summed E-state index contributed by atoms with van der Waals surface area (Å²) < 4.78 is 32.0. The fourth-order valence-corrected chi connectivity index (χ4v) is 3.33. The Kier molecular flexibility index (Phi) is 5.57. The minimum absolute atomic E-state index is 0.191. The quantitative estimate of drug-likeness (QED) is 0.778. The van der Waals surface area contributed by atoms with E-state index in [1.165, 1.54) is 4.31 Å². The molecule has 1 heterocycles. The van der Waals surface area contributed by atoms with Crippen molar-refractivity contribution in [1.29, 1.82) is 0 Å². The van der Waals surface area contributed by atoms with Crippen molar-refractivity contribution in [2.45, 2.75) is 39.3 Å². The van der Waals surface area contributed by atoms with Crippen LogP contribution in [0.3, 0.4) is 0 Å². The van der Waals surface area contributed by atoms with Gasteiger partial charge in [-0.05, 0) is 33.2 Å². The fourth-order valence-electron chi connectivity index (χ4n) is 2.16. The van der Waals surface area contributed by atoms with Crippen LogP contribution in [-0.2, 0) is 14.9 Å². The van der Waals surface area contributed by atoms with E-state index in [0.717, 1.165) is 6.42 Å². The fraction of sp³-hybridized carbons (Fsp3) is 0.909. The van der Waals surface area contributed by atoms with E-state index in [1.807, 2.05) is 18.7 Å². The largest absolute Gasteiger partial charge is 0.446 e.